The zero-order chi connectivity index (χ0) is 50.1. The van der Waals surface area contributed by atoms with Crippen molar-refractivity contribution in [1.82, 2.24) is 45.1 Å². The van der Waals surface area contributed by atoms with E-state index < -0.39 is 5.97 Å². The Morgan fingerprint density at radius 2 is 1.30 bits per heavy atom. The highest BCUT2D eigenvalue weighted by molar-refractivity contribution is 7.11. The molecule has 2 aliphatic rings. The number of Topliss-reactive ketones (excluding diaryl/α,β-unsaturated/α-hetero) is 1. The van der Waals surface area contributed by atoms with Crippen LogP contribution >= 0.6 is 34.0 Å². The Morgan fingerprint density at radius 3 is 1.73 bits per heavy atom. The van der Waals surface area contributed by atoms with Crippen molar-refractivity contribution in [2.75, 3.05) is 37.7 Å². The van der Waals surface area contributed by atoms with E-state index in [9.17, 15) is 24.0 Å². The van der Waals surface area contributed by atoms with Gasteiger partial charge < -0.3 is 30.6 Å². The second-order valence-electron chi connectivity index (χ2n) is 14.4. The molecule has 0 spiro atoms. The predicted molar refractivity (Wildman–Crippen MR) is 259 cm³/mol. The van der Waals surface area contributed by atoms with Crippen LogP contribution in [0.3, 0.4) is 0 Å². The minimum atomic E-state index is -0.475. The molecule has 2 aliphatic heterocycles. The number of aromatic amines is 2. The number of aryl methyl sites for hydroxylation is 6. The number of carbonyl (C=O) groups excluding carboxylic acids is 5. The molecule has 6 aromatic rings. The van der Waals surface area contributed by atoms with Gasteiger partial charge in [0.2, 0.25) is 0 Å². The molecule has 20 nitrogen and oxygen atoms in total. The van der Waals surface area contributed by atoms with Gasteiger partial charge in [0.1, 0.15) is 39.9 Å². The van der Waals surface area contributed by atoms with Gasteiger partial charge in [0.25, 0.3) is 0 Å². The number of ether oxygens (including phenoxy) is 3. The fourth-order valence-electron chi connectivity index (χ4n) is 6.26. The summed E-state index contributed by atoms with van der Waals surface area (Å²) in [6.07, 6.45) is 0.647. The van der Waals surface area contributed by atoms with E-state index in [2.05, 4.69) is 55.8 Å². The number of esters is 3. The Hall–Kier alpha value is -6.85. The summed E-state index contributed by atoms with van der Waals surface area (Å²) in [5.41, 5.74) is 14.4. The van der Waals surface area contributed by atoms with Gasteiger partial charge in [-0.2, -0.15) is 15.3 Å². The van der Waals surface area contributed by atoms with Crippen molar-refractivity contribution in [3.05, 3.63) is 106 Å². The van der Waals surface area contributed by atoms with Gasteiger partial charge in [0.05, 0.1) is 44.1 Å². The van der Waals surface area contributed by atoms with Gasteiger partial charge in [-0.05, 0) is 62.3 Å². The van der Waals surface area contributed by atoms with Gasteiger partial charge in [-0.1, -0.05) is 13.8 Å². The maximum atomic E-state index is 12.2. The van der Waals surface area contributed by atoms with Gasteiger partial charge >= 0.3 is 17.9 Å². The zero-order valence-electron chi connectivity index (χ0n) is 40.0. The number of carbonyl (C=O) groups is 5. The monoisotopic (exact) mass is 978 g/mol. The summed E-state index contributed by atoms with van der Waals surface area (Å²) in [6, 6.07) is 3.38. The Morgan fingerprint density at radius 1 is 0.731 bits per heavy atom. The molecule has 6 aromatic heterocycles. The van der Waals surface area contributed by atoms with E-state index in [-0.39, 0.29) is 36.1 Å². The fourth-order valence-corrected chi connectivity index (χ4v) is 8.66. The van der Waals surface area contributed by atoms with E-state index >= 15 is 0 Å². The van der Waals surface area contributed by atoms with E-state index in [0.29, 0.717) is 22.0 Å². The molecule has 0 saturated heterocycles. The maximum Gasteiger partial charge on any atom is 0.338 e. The predicted octanol–water partition coefficient (Wildman–Crippen LogP) is 7.63. The first-order valence-electron chi connectivity index (χ1n) is 20.6. The normalized spacial score (nSPS) is 14.1. The standard InChI is InChI=1S/2C14H16N4O2S.C5H5NOS.C5H8O3.C4H7N3.C2H6/c1-7-5-10-16-9(3)11(14(19)20-4)12(18(10)17-7)13-15-8(2)6-21-13;1-6-5-21-13(15-6)11-9-8(3)17-18-12(9)16-7(2)10(11)14(19)20-4;1-4-3-8-5(2-7)6-4;1-4(6)3-5(7)8-2;1-3-2-4(5)7-6-3;1-2/h5-6,12,16H,1-4H3;5,11H,1-4H3,(H2,16,17,18);2-3H,1H3;3H2,1-2H3;2H,1H3,(H3,5,6,7);1-2H3. The molecule has 0 radical (unpaired) electrons. The van der Waals surface area contributed by atoms with Crippen LogP contribution < -0.4 is 16.4 Å². The number of rotatable bonds is 7. The highest BCUT2D eigenvalue weighted by atomic mass is 32.1. The maximum absolute atomic E-state index is 12.2. The summed E-state index contributed by atoms with van der Waals surface area (Å²) in [6.45, 7) is 20.6. The quantitative estimate of drug-likeness (QED) is 0.0445. The van der Waals surface area contributed by atoms with Gasteiger partial charge in [-0.15, -0.1) is 34.0 Å². The second-order valence-corrected chi connectivity index (χ2v) is 17.1. The third kappa shape index (κ3) is 14.8. The molecule has 0 amide bonds. The Labute approximate surface area is 400 Å². The first-order valence-corrected chi connectivity index (χ1v) is 23.2. The molecule has 0 bridgehead atoms. The molecular formula is C44H58N12O8S3. The van der Waals surface area contributed by atoms with Gasteiger partial charge in [-0.3, -0.25) is 24.6 Å². The van der Waals surface area contributed by atoms with Crippen molar-refractivity contribution in [2.24, 2.45) is 0 Å². The van der Waals surface area contributed by atoms with E-state index in [0.717, 1.165) is 79.1 Å². The molecule has 6 N–H and O–H groups in total. The molecule has 0 saturated carbocycles. The number of ketones is 1. The molecule has 67 heavy (non-hydrogen) atoms. The Balaban J connectivity index is 0.000000239. The van der Waals surface area contributed by atoms with Crippen LogP contribution in [0.5, 0.6) is 0 Å². The summed E-state index contributed by atoms with van der Waals surface area (Å²) in [7, 11) is 4.03. The van der Waals surface area contributed by atoms with E-state index in [4.69, 9.17) is 15.2 Å². The number of allylic oxidation sites excluding steroid dienone is 2. The third-order valence-electron chi connectivity index (χ3n) is 9.03. The first-order chi connectivity index (χ1) is 31.8. The van der Waals surface area contributed by atoms with Crippen LogP contribution in [0.15, 0.2) is 50.8 Å². The summed E-state index contributed by atoms with van der Waals surface area (Å²) in [5.74, 6) is 0.560. The molecule has 360 valence electrons. The van der Waals surface area contributed by atoms with Crippen molar-refractivity contribution in [3.63, 3.8) is 0 Å². The van der Waals surface area contributed by atoms with Crippen LogP contribution in [0, 0.1) is 41.5 Å². The van der Waals surface area contributed by atoms with Crippen LogP contribution in [0.4, 0.5) is 17.5 Å². The summed E-state index contributed by atoms with van der Waals surface area (Å²) in [4.78, 5) is 67.7. The van der Waals surface area contributed by atoms with Crippen LogP contribution in [-0.4, -0.2) is 96.4 Å². The van der Waals surface area contributed by atoms with Crippen LogP contribution in [0.25, 0.3) is 0 Å². The van der Waals surface area contributed by atoms with Crippen molar-refractivity contribution >= 4 is 81.4 Å². The lowest BCUT2D eigenvalue weighted by molar-refractivity contribution is -0.143. The minimum Gasteiger partial charge on any atom is -0.469 e. The molecule has 0 aromatic carbocycles. The SMILES string of the molecule is CC.COC(=O)C1=C(C)Nc2cc(C)nn2C1c1nc(C)cs1.COC(=O)C1=C(C)Nc2n[nH]c(C)c2C1c1nc(C)cs1.COC(=O)CC(C)=O.Cc1cc(N)n[nH]1.Cc1csc(C=O)n1. The summed E-state index contributed by atoms with van der Waals surface area (Å²) >= 11 is 4.43. The fraction of sp³-hybridized carbons (Fsp3) is 0.386. The molecule has 8 heterocycles. The number of nitrogens with two attached hydrogens (primary N) is 1. The molecule has 2 atom stereocenters. The molecule has 2 unspecified atom stereocenters. The van der Waals surface area contributed by atoms with Crippen LogP contribution in [0.1, 0.15) is 113 Å². The highest BCUT2D eigenvalue weighted by Crippen LogP contribution is 2.44. The molecule has 23 heteroatoms. The number of nitrogens with zero attached hydrogens (tertiary/aromatic N) is 7. The number of hydrogen-bond acceptors (Lipinski definition) is 20. The Bertz CT molecular complexity index is 2680. The number of methoxy groups -OCH3 is 3. The van der Waals surface area contributed by atoms with Crippen molar-refractivity contribution in [2.45, 2.75) is 94.5 Å². The number of anilines is 3. The summed E-state index contributed by atoms with van der Waals surface area (Å²) in [5, 5.41) is 32.5. The summed E-state index contributed by atoms with van der Waals surface area (Å²) < 4.78 is 15.9. The highest BCUT2D eigenvalue weighted by Gasteiger charge is 2.38. The average Bonchev–Trinajstić information content (AvgIpc) is 4.18. The number of hydrogen-bond donors (Lipinski definition) is 5. The van der Waals surface area contributed by atoms with Crippen LogP contribution in [0.2, 0.25) is 0 Å². The number of aromatic nitrogens is 9. The number of nitrogen functional groups attached to an aromatic ring is 1. The molecule has 0 aliphatic carbocycles. The number of thiazole rings is 3. The average molecular weight is 979 g/mol. The molecule has 8 rings (SSSR count). The lowest BCUT2D eigenvalue weighted by Crippen LogP contribution is -2.29. The van der Waals surface area contributed by atoms with Crippen molar-refractivity contribution in [1.29, 1.82) is 0 Å². The number of H-pyrrole nitrogens is 2. The lowest BCUT2D eigenvalue weighted by Gasteiger charge is -2.27. The first kappa shape index (κ1) is 54.5. The molecular weight excluding hydrogens is 921 g/mol. The van der Waals surface area contributed by atoms with Gasteiger partial charge in [0, 0.05) is 73.7 Å². The second kappa shape index (κ2) is 25.7. The minimum absolute atomic E-state index is 0.115. The number of fused-ring (bicyclic) bond motifs is 2. The van der Waals surface area contributed by atoms with Crippen molar-refractivity contribution in [3.8, 4) is 0 Å². The van der Waals surface area contributed by atoms with E-state index in [1.165, 1.54) is 50.9 Å². The van der Waals surface area contributed by atoms with Crippen LogP contribution in [-0.2, 0) is 33.4 Å². The zero-order valence-corrected chi connectivity index (χ0v) is 42.5. The number of nitrogens with one attached hydrogen (secondary N) is 4. The van der Waals surface area contributed by atoms with Gasteiger partial charge in [-0.25, -0.2) is 29.2 Å². The van der Waals surface area contributed by atoms with E-state index in [1.807, 2.05) is 91.4 Å². The van der Waals surface area contributed by atoms with Gasteiger partial charge in [0.15, 0.2) is 17.1 Å². The Kier molecular flexibility index (Phi) is 20.9. The lowest BCUT2D eigenvalue weighted by atomic mass is 9.87. The van der Waals surface area contributed by atoms with E-state index in [1.54, 1.807) is 22.1 Å². The topological polar surface area (TPSA) is 277 Å². The number of aldehydes is 1. The van der Waals surface area contributed by atoms with Crippen molar-refractivity contribution < 1.29 is 38.2 Å². The largest absolute Gasteiger partial charge is 0.469 e. The third-order valence-corrected chi connectivity index (χ3v) is 12.0. The molecule has 0 fully saturated rings. The smallest absolute Gasteiger partial charge is 0.338 e.